The molecule has 1 N–H and O–H groups in total. The monoisotopic (exact) mass is 340 g/mol. The molecule has 0 spiro atoms. The lowest BCUT2D eigenvalue weighted by Crippen LogP contribution is -2.32. The van der Waals surface area contributed by atoms with Crippen LogP contribution in [0.3, 0.4) is 0 Å². The van der Waals surface area contributed by atoms with Crippen molar-refractivity contribution in [1.82, 2.24) is 10.2 Å². The molecule has 0 radical (unpaired) electrons. The molecule has 126 valence electrons. The van der Waals surface area contributed by atoms with Gasteiger partial charge in [0, 0.05) is 31.7 Å². The standard InChI is InChI=1S/C16H20N2O4.ClH/c1-20-13-4-10(5-14-15(13)22-3-2-21-14)16(19)18-8-11-6-17-7-12(11)9-18;/h4-5,11-12,17H,2-3,6-9H2,1H3;1H/t11-,12+;. The number of nitrogens with zero attached hydrogens (tertiary/aromatic N) is 1. The highest BCUT2D eigenvalue weighted by atomic mass is 35.5. The van der Waals surface area contributed by atoms with Gasteiger partial charge in [0.25, 0.3) is 5.91 Å². The highest BCUT2D eigenvalue weighted by Crippen LogP contribution is 2.41. The number of carbonyl (C=O) groups is 1. The Kier molecular flexibility index (Phi) is 4.55. The van der Waals surface area contributed by atoms with Crippen LogP contribution in [0.25, 0.3) is 0 Å². The smallest absolute Gasteiger partial charge is 0.254 e. The Labute approximate surface area is 141 Å². The zero-order valence-electron chi connectivity index (χ0n) is 13.0. The van der Waals surface area contributed by atoms with Gasteiger partial charge in [0.15, 0.2) is 11.5 Å². The number of benzene rings is 1. The van der Waals surface area contributed by atoms with Crippen LogP contribution in [-0.4, -0.2) is 57.3 Å². The van der Waals surface area contributed by atoms with Crippen molar-refractivity contribution in [3.05, 3.63) is 17.7 Å². The molecule has 3 aliphatic rings. The summed E-state index contributed by atoms with van der Waals surface area (Å²) in [6.45, 7) is 4.67. The van der Waals surface area contributed by atoms with Crippen LogP contribution in [0.1, 0.15) is 10.4 Å². The maximum absolute atomic E-state index is 12.8. The van der Waals surface area contributed by atoms with Crippen molar-refractivity contribution in [3.8, 4) is 17.2 Å². The second-order valence-corrected chi connectivity index (χ2v) is 6.09. The molecule has 3 aliphatic heterocycles. The van der Waals surface area contributed by atoms with Crippen LogP contribution in [0.4, 0.5) is 0 Å². The molecule has 0 aliphatic carbocycles. The normalized spacial score (nSPS) is 24.8. The fourth-order valence-corrected chi connectivity index (χ4v) is 3.60. The van der Waals surface area contributed by atoms with E-state index in [4.69, 9.17) is 14.2 Å². The highest BCUT2D eigenvalue weighted by molar-refractivity contribution is 5.96. The van der Waals surface area contributed by atoms with Crippen LogP contribution in [-0.2, 0) is 0 Å². The number of nitrogens with one attached hydrogen (secondary N) is 1. The van der Waals surface area contributed by atoms with Gasteiger partial charge in [0.2, 0.25) is 5.75 Å². The van der Waals surface area contributed by atoms with Crippen molar-refractivity contribution in [2.24, 2.45) is 11.8 Å². The number of rotatable bonds is 2. The number of fused-ring (bicyclic) bond motifs is 2. The molecule has 0 unspecified atom stereocenters. The van der Waals surface area contributed by atoms with Gasteiger partial charge in [-0.25, -0.2) is 0 Å². The van der Waals surface area contributed by atoms with E-state index in [1.807, 2.05) is 4.90 Å². The summed E-state index contributed by atoms with van der Waals surface area (Å²) in [7, 11) is 1.58. The van der Waals surface area contributed by atoms with Gasteiger partial charge in [-0.05, 0) is 24.0 Å². The van der Waals surface area contributed by atoms with Gasteiger partial charge < -0.3 is 24.4 Å². The lowest BCUT2D eigenvalue weighted by Gasteiger charge is -2.23. The molecule has 2 fully saturated rings. The number of methoxy groups -OCH3 is 1. The highest BCUT2D eigenvalue weighted by Gasteiger charge is 2.38. The topological polar surface area (TPSA) is 60.0 Å². The van der Waals surface area contributed by atoms with Crippen LogP contribution < -0.4 is 19.5 Å². The van der Waals surface area contributed by atoms with Crippen LogP contribution >= 0.6 is 12.4 Å². The fourth-order valence-electron chi connectivity index (χ4n) is 3.60. The second-order valence-electron chi connectivity index (χ2n) is 6.09. The van der Waals surface area contributed by atoms with E-state index in [0.717, 1.165) is 26.2 Å². The van der Waals surface area contributed by atoms with Gasteiger partial charge in [-0.15, -0.1) is 12.4 Å². The van der Waals surface area contributed by atoms with E-state index in [0.29, 0.717) is 47.9 Å². The molecular weight excluding hydrogens is 320 g/mol. The van der Waals surface area contributed by atoms with Crippen LogP contribution in [0.5, 0.6) is 17.2 Å². The number of ether oxygens (including phenoxy) is 3. The van der Waals surface area contributed by atoms with Gasteiger partial charge in [-0.3, -0.25) is 4.79 Å². The maximum atomic E-state index is 12.8. The molecule has 23 heavy (non-hydrogen) atoms. The van der Waals surface area contributed by atoms with E-state index < -0.39 is 0 Å². The lowest BCUT2D eigenvalue weighted by atomic mass is 10.0. The molecule has 4 rings (SSSR count). The third kappa shape index (κ3) is 2.81. The minimum atomic E-state index is 0. The first-order valence-electron chi connectivity index (χ1n) is 7.74. The van der Waals surface area contributed by atoms with Crippen molar-refractivity contribution in [1.29, 1.82) is 0 Å². The Balaban J connectivity index is 0.00000156. The summed E-state index contributed by atoms with van der Waals surface area (Å²) in [4.78, 5) is 14.7. The maximum Gasteiger partial charge on any atom is 0.254 e. The third-order valence-corrected chi connectivity index (χ3v) is 4.75. The zero-order valence-corrected chi connectivity index (χ0v) is 13.9. The van der Waals surface area contributed by atoms with Crippen molar-refractivity contribution >= 4 is 18.3 Å². The largest absolute Gasteiger partial charge is 0.493 e. The van der Waals surface area contributed by atoms with E-state index in [9.17, 15) is 4.79 Å². The zero-order chi connectivity index (χ0) is 15.1. The molecule has 1 amide bonds. The van der Waals surface area contributed by atoms with Gasteiger partial charge in [0.05, 0.1) is 7.11 Å². The first-order valence-corrected chi connectivity index (χ1v) is 7.74. The van der Waals surface area contributed by atoms with Crippen LogP contribution in [0, 0.1) is 11.8 Å². The number of halogens is 1. The van der Waals surface area contributed by atoms with Crippen molar-refractivity contribution in [2.75, 3.05) is 46.5 Å². The van der Waals surface area contributed by atoms with Crippen LogP contribution in [0.15, 0.2) is 12.1 Å². The minimum absolute atomic E-state index is 0. The predicted octanol–water partition coefficient (Wildman–Crippen LogP) is 1.18. The lowest BCUT2D eigenvalue weighted by molar-refractivity contribution is 0.0780. The van der Waals surface area contributed by atoms with Crippen molar-refractivity contribution in [2.45, 2.75) is 0 Å². The fraction of sp³-hybridized carbons (Fsp3) is 0.562. The van der Waals surface area contributed by atoms with Gasteiger partial charge in [-0.1, -0.05) is 0 Å². The predicted molar refractivity (Wildman–Crippen MR) is 87.0 cm³/mol. The minimum Gasteiger partial charge on any atom is -0.493 e. The number of hydrogen-bond donors (Lipinski definition) is 1. The van der Waals surface area contributed by atoms with E-state index >= 15 is 0 Å². The summed E-state index contributed by atoms with van der Waals surface area (Å²) < 4.78 is 16.5. The molecule has 2 atom stereocenters. The Morgan fingerprint density at radius 2 is 1.91 bits per heavy atom. The molecular formula is C16H21ClN2O4. The third-order valence-electron chi connectivity index (χ3n) is 4.75. The Morgan fingerprint density at radius 1 is 1.22 bits per heavy atom. The van der Waals surface area contributed by atoms with E-state index in [2.05, 4.69) is 5.32 Å². The number of likely N-dealkylation sites (tertiary alicyclic amines) is 1. The molecule has 0 saturated carbocycles. The molecule has 1 aromatic rings. The van der Waals surface area contributed by atoms with Gasteiger partial charge in [-0.2, -0.15) is 0 Å². The summed E-state index contributed by atoms with van der Waals surface area (Å²) >= 11 is 0. The molecule has 0 bridgehead atoms. The van der Waals surface area contributed by atoms with Crippen molar-refractivity contribution < 1.29 is 19.0 Å². The molecule has 2 saturated heterocycles. The molecule has 0 aromatic heterocycles. The summed E-state index contributed by atoms with van der Waals surface area (Å²) in [5.41, 5.74) is 0.606. The average molecular weight is 341 g/mol. The summed E-state index contributed by atoms with van der Waals surface area (Å²) in [6.07, 6.45) is 0. The van der Waals surface area contributed by atoms with Crippen LogP contribution in [0.2, 0.25) is 0 Å². The Hall–Kier alpha value is -1.66. The van der Waals surface area contributed by atoms with Gasteiger partial charge in [0.1, 0.15) is 13.2 Å². The Morgan fingerprint density at radius 3 is 2.61 bits per heavy atom. The first-order chi connectivity index (χ1) is 10.8. The Bertz CT molecular complexity index is 581. The number of carbonyl (C=O) groups excluding carboxylic acids is 1. The molecule has 7 heteroatoms. The number of amides is 1. The first kappa shape index (κ1) is 16.2. The molecule has 6 nitrogen and oxygen atoms in total. The SMILES string of the molecule is COc1cc(C(=O)N2C[C@H]3CNC[C@H]3C2)cc2c1OCCO2.Cl. The van der Waals surface area contributed by atoms with E-state index in [-0.39, 0.29) is 18.3 Å². The number of hydrogen-bond acceptors (Lipinski definition) is 5. The molecule has 3 heterocycles. The van der Waals surface area contributed by atoms with Gasteiger partial charge >= 0.3 is 0 Å². The molecule has 1 aromatic carbocycles. The quantitative estimate of drug-likeness (QED) is 0.876. The summed E-state index contributed by atoms with van der Waals surface area (Å²) in [5, 5.41) is 3.39. The summed E-state index contributed by atoms with van der Waals surface area (Å²) in [5.74, 6) is 2.96. The van der Waals surface area contributed by atoms with E-state index in [1.54, 1.807) is 19.2 Å². The van der Waals surface area contributed by atoms with E-state index in [1.165, 1.54) is 0 Å². The van der Waals surface area contributed by atoms with Crippen molar-refractivity contribution in [3.63, 3.8) is 0 Å². The average Bonchev–Trinajstić information content (AvgIpc) is 3.14. The second kappa shape index (κ2) is 6.45. The summed E-state index contributed by atoms with van der Waals surface area (Å²) in [6, 6.07) is 3.52.